The average Bonchev–Trinajstić information content (AvgIpc) is 2.56. The minimum absolute atomic E-state index is 0.0255. The van der Waals surface area contributed by atoms with Crippen molar-refractivity contribution in [3.8, 4) is 5.88 Å². The molecule has 7 nitrogen and oxygen atoms in total. The standard InChI is InChI=1S/C18H20ClN3O4S/c1-10(2)22-17(26)14(16(25)21-18(22)27)9-20-8-12(7-15(23)24)11-3-5-13(19)6-4-11/h3-6,9-10,12,26H,7-8H2,1-2H3,(H,23,24)(H,21,25,27)/t12-/m1/s1. The largest absolute Gasteiger partial charge is 0.494 e. The number of aromatic hydroxyl groups is 1. The maximum atomic E-state index is 12.1. The van der Waals surface area contributed by atoms with Crippen molar-refractivity contribution in [2.24, 2.45) is 4.99 Å². The minimum atomic E-state index is -0.959. The number of hydrogen-bond acceptors (Lipinski definition) is 5. The fraction of sp³-hybridized carbons (Fsp3) is 0.333. The van der Waals surface area contributed by atoms with Gasteiger partial charge in [-0.2, -0.15) is 0 Å². The molecule has 0 bridgehead atoms. The highest BCUT2D eigenvalue weighted by atomic mass is 35.5. The predicted molar refractivity (Wildman–Crippen MR) is 107 cm³/mol. The van der Waals surface area contributed by atoms with E-state index in [0.717, 1.165) is 5.56 Å². The smallest absolute Gasteiger partial charge is 0.304 e. The van der Waals surface area contributed by atoms with Crippen LogP contribution < -0.4 is 5.56 Å². The van der Waals surface area contributed by atoms with Crippen LogP contribution in [0.5, 0.6) is 5.88 Å². The van der Waals surface area contributed by atoms with Crippen LogP contribution in [0.4, 0.5) is 0 Å². The number of H-pyrrole nitrogens is 1. The Bertz CT molecular complexity index is 964. The molecule has 0 saturated carbocycles. The molecule has 0 radical (unpaired) electrons. The van der Waals surface area contributed by atoms with Gasteiger partial charge in [0.2, 0.25) is 5.88 Å². The molecule has 3 N–H and O–H groups in total. The second-order valence-electron chi connectivity index (χ2n) is 6.30. The number of aromatic nitrogens is 2. The summed E-state index contributed by atoms with van der Waals surface area (Å²) >= 11 is 10.9. The van der Waals surface area contributed by atoms with Crippen LogP contribution in [-0.4, -0.2) is 38.5 Å². The SMILES string of the molecule is CC(C)n1c(O)c(C=NC[C@@H](CC(=O)O)c2ccc(Cl)cc2)c(=O)[nH]c1=S. The normalized spacial score (nSPS) is 12.6. The zero-order chi connectivity index (χ0) is 20.1. The lowest BCUT2D eigenvalue weighted by molar-refractivity contribution is -0.137. The van der Waals surface area contributed by atoms with E-state index in [2.05, 4.69) is 9.98 Å². The lowest BCUT2D eigenvalue weighted by atomic mass is 9.96. The van der Waals surface area contributed by atoms with Gasteiger partial charge in [0.25, 0.3) is 5.56 Å². The second kappa shape index (κ2) is 8.96. The van der Waals surface area contributed by atoms with Crippen molar-refractivity contribution in [1.82, 2.24) is 9.55 Å². The first kappa shape index (κ1) is 20.9. The molecule has 1 aromatic carbocycles. The summed E-state index contributed by atoms with van der Waals surface area (Å²) in [5, 5.41) is 20.1. The van der Waals surface area contributed by atoms with Gasteiger partial charge in [-0.15, -0.1) is 0 Å². The van der Waals surface area contributed by atoms with E-state index >= 15 is 0 Å². The van der Waals surface area contributed by atoms with Crippen LogP contribution in [0.25, 0.3) is 0 Å². The monoisotopic (exact) mass is 409 g/mol. The quantitative estimate of drug-likeness (QED) is 0.479. The Balaban J connectivity index is 2.32. The fourth-order valence-electron chi connectivity index (χ4n) is 2.65. The average molecular weight is 410 g/mol. The third kappa shape index (κ3) is 5.27. The number of aromatic amines is 1. The van der Waals surface area contributed by atoms with Gasteiger partial charge in [0.1, 0.15) is 5.56 Å². The molecule has 0 aliphatic carbocycles. The highest BCUT2D eigenvalue weighted by Crippen LogP contribution is 2.23. The zero-order valence-electron chi connectivity index (χ0n) is 14.8. The van der Waals surface area contributed by atoms with Gasteiger partial charge >= 0.3 is 5.97 Å². The summed E-state index contributed by atoms with van der Waals surface area (Å²) in [4.78, 5) is 30.0. The molecule has 0 saturated heterocycles. The van der Waals surface area contributed by atoms with Gasteiger partial charge in [-0.3, -0.25) is 24.1 Å². The fourth-order valence-corrected chi connectivity index (χ4v) is 3.17. The molecule has 27 heavy (non-hydrogen) atoms. The summed E-state index contributed by atoms with van der Waals surface area (Å²) in [6.07, 6.45) is 1.12. The Labute approximate surface area is 166 Å². The zero-order valence-corrected chi connectivity index (χ0v) is 16.4. The molecule has 9 heteroatoms. The van der Waals surface area contributed by atoms with E-state index < -0.39 is 17.4 Å². The lowest BCUT2D eigenvalue weighted by Crippen LogP contribution is -2.20. The number of benzene rings is 1. The van der Waals surface area contributed by atoms with Gasteiger partial charge in [0.15, 0.2) is 4.77 Å². The van der Waals surface area contributed by atoms with Gasteiger partial charge in [0, 0.05) is 29.7 Å². The van der Waals surface area contributed by atoms with E-state index in [1.165, 1.54) is 10.8 Å². The number of aliphatic imine (C=N–C) groups is 1. The molecule has 0 aliphatic rings. The summed E-state index contributed by atoms with van der Waals surface area (Å²) in [7, 11) is 0. The van der Waals surface area contributed by atoms with Crippen molar-refractivity contribution in [2.45, 2.75) is 32.2 Å². The Morgan fingerprint density at radius 2 is 2.00 bits per heavy atom. The number of nitrogens with one attached hydrogen (secondary N) is 1. The van der Waals surface area contributed by atoms with Gasteiger partial charge in [-0.1, -0.05) is 23.7 Å². The Morgan fingerprint density at radius 1 is 1.37 bits per heavy atom. The van der Waals surface area contributed by atoms with Crippen LogP contribution >= 0.6 is 23.8 Å². The van der Waals surface area contributed by atoms with Crippen LogP contribution in [0.2, 0.25) is 5.02 Å². The van der Waals surface area contributed by atoms with E-state index in [4.69, 9.17) is 28.9 Å². The van der Waals surface area contributed by atoms with Gasteiger partial charge in [0.05, 0.1) is 6.42 Å². The molecule has 1 atom stereocenters. The topological polar surface area (TPSA) is 108 Å². The third-order valence-electron chi connectivity index (χ3n) is 3.98. The van der Waals surface area contributed by atoms with Crippen molar-refractivity contribution in [3.63, 3.8) is 0 Å². The number of carbonyl (C=O) groups is 1. The first-order valence-electron chi connectivity index (χ1n) is 8.25. The molecule has 2 rings (SSSR count). The second-order valence-corrected chi connectivity index (χ2v) is 7.12. The first-order chi connectivity index (χ1) is 12.7. The Hall–Kier alpha value is -2.45. The third-order valence-corrected chi connectivity index (χ3v) is 4.53. The van der Waals surface area contributed by atoms with Crippen molar-refractivity contribution in [2.75, 3.05) is 6.54 Å². The van der Waals surface area contributed by atoms with E-state index in [0.29, 0.717) is 5.02 Å². The number of rotatable bonds is 7. The van der Waals surface area contributed by atoms with Gasteiger partial charge in [-0.05, 0) is 43.8 Å². The van der Waals surface area contributed by atoms with Crippen molar-refractivity contribution in [3.05, 3.63) is 55.5 Å². The molecule has 144 valence electrons. The molecule has 0 amide bonds. The number of carboxylic acid groups (broad SMARTS) is 1. The molecule has 2 aromatic rings. The minimum Gasteiger partial charge on any atom is -0.494 e. The summed E-state index contributed by atoms with van der Waals surface area (Å²) in [6.45, 7) is 3.76. The van der Waals surface area contributed by atoms with Crippen molar-refractivity contribution >= 4 is 36.0 Å². The van der Waals surface area contributed by atoms with Gasteiger partial charge in [-0.25, -0.2) is 0 Å². The van der Waals surface area contributed by atoms with Crippen molar-refractivity contribution < 1.29 is 15.0 Å². The van der Waals surface area contributed by atoms with Crippen LogP contribution in [0.1, 0.15) is 43.4 Å². The summed E-state index contributed by atoms with van der Waals surface area (Å²) in [5.41, 5.74) is 0.192. The summed E-state index contributed by atoms with van der Waals surface area (Å²) in [6, 6.07) is 6.69. The maximum Gasteiger partial charge on any atom is 0.304 e. The molecule has 0 fully saturated rings. The maximum absolute atomic E-state index is 12.1. The highest BCUT2D eigenvalue weighted by Gasteiger charge is 2.16. The van der Waals surface area contributed by atoms with E-state index in [1.807, 2.05) is 13.8 Å². The number of carboxylic acids is 1. The predicted octanol–water partition coefficient (Wildman–Crippen LogP) is 3.52. The highest BCUT2D eigenvalue weighted by molar-refractivity contribution is 7.71. The van der Waals surface area contributed by atoms with E-state index in [9.17, 15) is 14.7 Å². The van der Waals surface area contributed by atoms with E-state index in [1.54, 1.807) is 24.3 Å². The number of halogens is 1. The van der Waals surface area contributed by atoms with Crippen LogP contribution in [0.3, 0.4) is 0 Å². The molecular weight excluding hydrogens is 390 g/mol. The molecule has 0 spiro atoms. The molecule has 1 heterocycles. The van der Waals surface area contributed by atoms with E-state index in [-0.39, 0.29) is 35.2 Å². The Morgan fingerprint density at radius 3 is 2.56 bits per heavy atom. The molecule has 1 aromatic heterocycles. The summed E-state index contributed by atoms with van der Waals surface area (Å²) in [5.74, 6) is -1.63. The van der Waals surface area contributed by atoms with Crippen LogP contribution in [-0.2, 0) is 4.79 Å². The van der Waals surface area contributed by atoms with Crippen LogP contribution in [0, 0.1) is 4.77 Å². The lowest BCUT2D eigenvalue weighted by Gasteiger charge is -2.15. The van der Waals surface area contributed by atoms with Crippen molar-refractivity contribution in [1.29, 1.82) is 0 Å². The summed E-state index contributed by atoms with van der Waals surface area (Å²) < 4.78 is 1.53. The molecule has 0 aliphatic heterocycles. The number of hydrogen-bond donors (Lipinski definition) is 3. The number of aliphatic carboxylic acids is 1. The number of nitrogens with zero attached hydrogens (tertiary/aromatic N) is 2. The Kier molecular flexibility index (Phi) is 6.92. The van der Waals surface area contributed by atoms with Gasteiger partial charge < -0.3 is 10.2 Å². The molecule has 0 unspecified atom stereocenters. The first-order valence-corrected chi connectivity index (χ1v) is 9.04. The van der Waals surface area contributed by atoms with Crippen LogP contribution in [0.15, 0.2) is 34.1 Å². The molecular formula is C18H20ClN3O4S.